The topological polar surface area (TPSA) is 9.23 Å². The van der Waals surface area contributed by atoms with Crippen LogP contribution in [-0.2, 0) is 0 Å². The maximum Gasteiger partial charge on any atom is 0.127 e. The molecule has 0 radical (unpaired) electrons. The Balaban J connectivity index is 1.71. The molecule has 2 heteroatoms. The summed E-state index contributed by atoms with van der Waals surface area (Å²) in [6.45, 7) is 0. The lowest BCUT2D eigenvalue weighted by molar-refractivity contribution is 0.482. The van der Waals surface area contributed by atoms with Gasteiger partial charge in [-0.3, -0.25) is 0 Å². The van der Waals surface area contributed by atoms with Crippen molar-refractivity contribution in [3.63, 3.8) is 0 Å². The maximum atomic E-state index is 6.38. The number of hydrogen-bond donors (Lipinski definition) is 0. The van der Waals surface area contributed by atoms with Gasteiger partial charge in [-0.15, -0.1) is 11.6 Å². The van der Waals surface area contributed by atoms with Gasteiger partial charge in [-0.2, -0.15) is 0 Å². The fourth-order valence-corrected chi connectivity index (χ4v) is 2.40. The summed E-state index contributed by atoms with van der Waals surface area (Å²) in [7, 11) is 0. The average Bonchev–Trinajstić information content (AvgIpc) is 3.24. The molecule has 0 bridgehead atoms. The van der Waals surface area contributed by atoms with E-state index in [1.165, 1.54) is 18.4 Å². The summed E-state index contributed by atoms with van der Waals surface area (Å²) in [5, 5.41) is 0.163. The first-order valence-corrected chi connectivity index (χ1v) is 6.73. The third-order valence-corrected chi connectivity index (χ3v) is 3.82. The van der Waals surface area contributed by atoms with E-state index in [-0.39, 0.29) is 5.38 Å². The molecule has 0 heterocycles. The van der Waals surface area contributed by atoms with Gasteiger partial charge in [0.25, 0.3) is 0 Å². The van der Waals surface area contributed by atoms with Gasteiger partial charge in [-0.1, -0.05) is 30.3 Å². The highest BCUT2D eigenvalue weighted by atomic mass is 35.5. The van der Waals surface area contributed by atoms with Crippen molar-refractivity contribution in [3.8, 4) is 11.5 Å². The van der Waals surface area contributed by atoms with Crippen LogP contribution in [0.4, 0.5) is 0 Å². The molecule has 1 fully saturated rings. The summed E-state index contributed by atoms with van der Waals surface area (Å²) >= 11 is 6.38. The van der Waals surface area contributed by atoms with E-state index >= 15 is 0 Å². The average molecular weight is 259 g/mol. The minimum absolute atomic E-state index is 0.163. The molecule has 0 aliphatic heterocycles. The van der Waals surface area contributed by atoms with Gasteiger partial charge in [0, 0.05) is 0 Å². The van der Waals surface area contributed by atoms with Crippen LogP contribution in [-0.4, -0.2) is 0 Å². The van der Waals surface area contributed by atoms with Gasteiger partial charge in [0.15, 0.2) is 0 Å². The lowest BCUT2D eigenvalue weighted by Gasteiger charge is -2.10. The zero-order valence-electron chi connectivity index (χ0n) is 10.1. The van der Waals surface area contributed by atoms with Crippen LogP contribution in [0.5, 0.6) is 11.5 Å². The number of halogens is 1. The van der Waals surface area contributed by atoms with Crippen LogP contribution in [0.1, 0.15) is 23.8 Å². The standard InChI is InChI=1S/C16H15ClO/c17-16(12-6-7-12)13-8-10-15(11-9-13)18-14-4-2-1-3-5-14/h1-5,8-12,16H,6-7H2. The Labute approximate surface area is 112 Å². The van der Waals surface area contributed by atoms with Crippen LogP contribution in [0, 0.1) is 5.92 Å². The summed E-state index contributed by atoms with van der Waals surface area (Å²) in [4.78, 5) is 0. The molecule has 1 aliphatic carbocycles. The molecule has 0 N–H and O–H groups in total. The smallest absolute Gasteiger partial charge is 0.127 e. The monoisotopic (exact) mass is 258 g/mol. The van der Waals surface area contributed by atoms with E-state index in [0.717, 1.165) is 11.5 Å². The molecule has 1 atom stereocenters. The summed E-state index contributed by atoms with van der Waals surface area (Å²) in [5.41, 5.74) is 1.19. The van der Waals surface area contributed by atoms with Crippen LogP contribution in [0.15, 0.2) is 54.6 Å². The third-order valence-electron chi connectivity index (χ3n) is 3.21. The summed E-state index contributed by atoms with van der Waals surface area (Å²) in [6.07, 6.45) is 2.52. The lowest BCUT2D eigenvalue weighted by atomic mass is 10.1. The molecule has 1 nitrogen and oxygen atoms in total. The Kier molecular flexibility index (Phi) is 3.24. The van der Waals surface area contributed by atoms with Gasteiger partial charge in [-0.05, 0) is 48.6 Å². The van der Waals surface area contributed by atoms with Gasteiger partial charge < -0.3 is 4.74 Å². The fourth-order valence-electron chi connectivity index (χ4n) is 2.01. The van der Waals surface area contributed by atoms with Gasteiger partial charge in [-0.25, -0.2) is 0 Å². The minimum atomic E-state index is 0.163. The highest BCUT2D eigenvalue weighted by Crippen LogP contribution is 2.45. The van der Waals surface area contributed by atoms with E-state index in [1.807, 2.05) is 42.5 Å². The highest BCUT2D eigenvalue weighted by molar-refractivity contribution is 6.21. The number of ether oxygens (including phenoxy) is 1. The Morgan fingerprint density at radius 3 is 2.11 bits per heavy atom. The number of para-hydroxylation sites is 1. The highest BCUT2D eigenvalue weighted by Gasteiger charge is 2.30. The zero-order valence-corrected chi connectivity index (χ0v) is 10.8. The molecule has 2 aromatic rings. The van der Waals surface area contributed by atoms with Crippen molar-refractivity contribution in [1.29, 1.82) is 0 Å². The molecule has 0 saturated heterocycles. The van der Waals surface area contributed by atoms with E-state index in [1.54, 1.807) is 0 Å². The number of benzene rings is 2. The fraction of sp³-hybridized carbons (Fsp3) is 0.250. The number of rotatable bonds is 4. The van der Waals surface area contributed by atoms with E-state index in [2.05, 4.69) is 12.1 Å². The van der Waals surface area contributed by atoms with Gasteiger partial charge >= 0.3 is 0 Å². The molecule has 1 unspecified atom stereocenters. The molecule has 92 valence electrons. The second kappa shape index (κ2) is 5.03. The molecule has 1 aliphatic rings. The molecule has 0 spiro atoms. The Bertz CT molecular complexity index is 502. The SMILES string of the molecule is ClC(c1ccc(Oc2ccccc2)cc1)C1CC1. The van der Waals surface area contributed by atoms with Crippen LogP contribution in [0.3, 0.4) is 0 Å². The summed E-state index contributed by atoms with van der Waals surface area (Å²) < 4.78 is 5.75. The number of hydrogen-bond acceptors (Lipinski definition) is 1. The second-order valence-electron chi connectivity index (χ2n) is 4.72. The lowest BCUT2D eigenvalue weighted by Crippen LogP contribution is -1.92. The summed E-state index contributed by atoms with van der Waals surface area (Å²) in [6, 6.07) is 17.9. The third kappa shape index (κ3) is 2.68. The van der Waals surface area contributed by atoms with Crippen molar-refractivity contribution < 1.29 is 4.74 Å². The number of alkyl halides is 1. The molecule has 2 aromatic carbocycles. The van der Waals surface area contributed by atoms with E-state index in [0.29, 0.717) is 5.92 Å². The maximum absolute atomic E-state index is 6.38. The minimum Gasteiger partial charge on any atom is -0.457 e. The van der Waals surface area contributed by atoms with Crippen molar-refractivity contribution >= 4 is 11.6 Å². The largest absolute Gasteiger partial charge is 0.457 e. The van der Waals surface area contributed by atoms with Crippen molar-refractivity contribution in [2.24, 2.45) is 5.92 Å². The van der Waals surface area contributed by atoms with E-state index < -0.39 is 0 Å². The quantitative estimate of drug-likeness (QED) is 0.688. The van der Waals surface area contributed by atoms with Crippen LogP contribution >= 0.6 is 11.6 Å². The van der Waals surface area contributed by atoms with Crippen LogP contribution in [0.25, 0.3) is 0 Å². The Hall–Kier alpha value is -1.47. The van der Waals surface area contributed by atoms with Crippen LogP contribution < -0.4 is 4.74 Å². The molecule has 0 aromatic heterocycles. The van der Waals surface area contributed by atoms with Crippen molar-refractivity contribution in [3.05, 3.63) is 60.2 Å². The summed E-state index contributed by atoms with van der Waals surface area (Å²) in [5.74, 6) is 2.38. The molecule has 1 saturated carbocycles. The normalized spacial score (nSPS) is 16.3. The van der Waals surface area contributed by atoms with E-state index in [9.17, 15) is 0 Å². The first-order valence-electron chi connectivity index (χ1n) is 6.30. The van der Waals surface area contributed by atoms with Gasteiger partial charge in [0.1, 0.15) is 11.5 Å². The van der Waals surface area contributed by atoms with Crippen LogP contribution in [0.2, 0.25) is 0 Å². The van der Waals surface area contributed by atoms with Gasteiger partial charge in [0.05, 0.1) is 5.38 Å². The Morgan fingerprint density at radius 1 is 0.889 bits per heavy atom. The molecule has 18 heavy (non-hydrogen) atoms. The molecule has 3 rings (SSSR count). The first kappa shape index (κ1) is 11.6. The molecule has 0 amide bonds. The molecular weight excluding hydrogens is 244 g/mol. The Morgan fingerprint density at radius 2 is 1.50 bits per heavy atom. The zero-order chi connectivity index (χ0) is 12.4. The second-order valence-corrected chi connectivity index (χ2v) is 5.19. The predicted molar refractivity (Wildman–Crippen MR) is 74.3 cm³/mol. The van der Waals surface area contributed by atoms with Crippen molar-refractivity contribution in [2.45, 2.75) is 18.2 Å². The first-order chi connectivity index (χ1) is 8.83. The van der Waals surface area contributed by atoms with Gasteiger partial charge in [0.2, 0.25) is 0 Å². The van der Waals surface area contributed by atoms with E-state index in [4.69, 9.17) is 16.3 Å². The predicted octanol–water partition coefficient (Wildman–Crippen LogP) is 5.17. The van der Waals surface area contributed by atoms with Crippen molar-refractivity contribution in [2.75, 3.05) is 0 Å². The van der Waals surface area contributed by atoms with Crippen molar-refractivity contribution in [1.82, 2.24) is 0 Å². The molecular formula is C16H15ClO.